The number of furan rings is 1. The molecule has 1 atom stereocenters. The number of fused-ring (bicyclic) bond motifs is 1. The minimum atomic E-state index is 0.366. The molecule has 20 heavy (non-hydrogen) atoms. The first-order valence-electron chi connectivity index (χ1n) is 6.83. The van der Waals surface area contributed by atoms with Crippen molar-refractivity contribution in [3.05, 3.63) is 46.6 Å². The normalized spacial score (nSPS) is 13.2. The fourth-order valence-electron chi connectivity index (χ4n) is 2.45. The van der Waals surface area contributed by atoms with E-state index in [-0.39, 0.29) is 0 Å². The van der Waals surface area contributed by atoms with Crippen LogP contribution in [0.1, 0.15) is 29.8 Å². The van der Waals surface area contributed by atoms with Gasteiger partial charge in [0.25, 0.3) is 0 Å². The molecule has 106 valence electrons. The third-order valence-electron chi connectivity index (χ3n) is 3.54. The van der Waals surface area contributed by atoms with Gasteiger partial charge in [-0.1, -0.05) is 0 Å². The summed E-state index contributed by atoms with van der Waals surface area (Å²) in [5, 5.41) is 5.71. The zero-order valence-electron chi connectivity index (χ0n) is 12.0. The molecule has 0 radical (unpaired) electrons. The van der Waals surface area contributed by atoms with E-state index >= 15 is 0 Å². The Labute approximate surface area is 122 Å². The third kappa shape index (κ3) is 2.51. The molecule has 0 saturated heterocycles. The largest absolute Gasteiger partial charge is 0.469 e. The summed E-state index contributed by atoms with van der Waals surface area (Å²) in [5.74, 6) is 1.02. The molecule has 3 aromatic heterocycles. The van der Waals surface area contributed by atoms with E-state index in [2.05, 4.69) is 40.9 Å². The monoisotopic (exact) mass is 289 g/mol. The summed E-state index contributed by atoms with van der Waals surface area (Å²) in [6.45, 7) is 7.21. The lowest BCUT2D eigenvalue weighted by atomic mass is 10.2. The van der Waals surface area contributed by atoms with Crippen molar-refractivity contribution < 1.29 is 4.42 Å². The number of nitrogens with zero attached hydrogens (tertiary/aromatic N) is 2. The van der Waals surface area contributed by atoms with Crippen LogP contribution in [0.25, 0.3) is 4.96 Å². The van der Waals surface area contributed by atoms with E-state index < -0.39 is 0 Å². The zero-order chi connectivity index (χ0) is 14.1. The number of aromatic nitrogens is 2. The second kappa shape index (κ2) is 5.42. The van der Waals surface area contributed by atoms with Crippen LogP contribution in [0, 0.1) is 13.8 Å². The Morgan fingerprint density at radius 1 is 1.45 bits per heavy atom. The number of hydrogen-bond donors (Lipinski definition) is 1. The highest BCUT2D eigenvalue weighted by molar-refractivity contribution is 7.15. The van der Waals surface area contributed by atoms with Crippen LogP contribution >= 0.6 is 11.3 Å². The highest BCUT2D eigenvalue weighted by Gasteiger charge is 2.13. The van der Waals surface area contributed by atoms with Crippen LogP contribution in [0.15, 0.2) is 28.2 Å². The molecule has 1 N–H and O–H groups in total. The number of hydrogen-bond acceptors (Lipinski definition) is 4. The topological polar surface area (TPSA) is 42.5 Å². The minimum absolute atomic E-state index is 0.366. The van der Waals surface area contributed by atoms with Gasteiger partial charge >= 0.3 is 0 Å². The lowest BCUT2D eigenvalue weighted by Crippen LogP contribution is -2.28. The Morgan fingerprint density at radius 2 is 2.30 bits per heavy atom. The predicted octanol–water partition coefficient (Wildman–Crippen LogP) is 3.33. The first-order valence-corrected chi connectivity index (χ1v) is 7.71. The van der Waals surface area contributed by atoms with Crippen molar-refractivity contribution in [3.63, 3.8) is 0 Å². The van der Waals surface area contributed by atoms with Gasteiger partial charge < -0.3 is 9.73 Å². The maximum absolute atomic E-state index is 5.39. The molecule has 0 aliphatic heterocycles. The van der Waals surface area contributed by atoms with Gasteiger partial charge in [-0.05, 0) is 32.9 Å². The Kier molecular flexibility index (Phi) is 3.63. The van der Waals surface area contributed by atoms with Gasteiger partial charge in [0.05, 0.1) is 17.7 Å². The van der Waals surface area contributed by atoms with Gasteiger partial charge in [-0.25, -0.2) is 4.98 Å². The first kappa shape index (κ1) is 13.4. The highest BCUT2D eigenvalue weighted by atomic mass is 32.1. The van der Waals surface area contributed by atoms with Crippen LogP contribution in [0.4, 0.5) is 0 Å². The quantitative estimate of drug-likeness (QED) is 0.783. The first-order chi connectivity index (χ1) is 9.65. The summed E-state index contributed by atoms with van der Waals surface area (Å²) in [6, 6.07) is 4.32. The average molecular weight is 289 g/mol. The molecule has 0 aliphatic carbocycles. The smallest absolute Gasteiger partial charge is 0.194 e. The van der Waals surface area contributed by atoms with Crippen molar-refractivity contribution in [1.29, 1.82) is 0 Å². The summed E-state index contributed by atoms with van der Waals surface area (Å²) in [6.07, 6.45) is 2.62. The lowest BCUT2D eigenvalue weighted by molar-refractivity contribution is 0.454. The molecule has 0 aliphatic rings. The average Bonchev–Trinajstić information content (AvgIpc) is 3.08. The maximum Gasteiger partial charge on any atom is 0.194 e. The SMILES string of the molecule is Cc1nc2scc(C)n2c1CNC(C)Cc1ccco1. The number of imidazole rings is 1. The van der Waals surface area contributed by atoms with Crippen molar-refractivity contribution in [1.82, 2.24) is 14.7 Å². The fraction of sp³-hybridized carbons (Fsp3) is 0.400. The summed E-state index contributed by atoms with van der Waals surface area (Å²) < 4.78 is 7.63. The molecular formula is C15H19N3OS. The second-order valence-electron chi connectivity index (χ2n) is 5.20. The number of nitrogens with one attached hydrogen (secondary N) is 1. The van der Waals surface area contributed by atoms with Crippen LogP contribution in [-0.2, 0) is 13.0 Å². The standard InChI is InChI=1S/C15H19N3OS/c1-10(7-13-5-4-6-19-13)16-8-14-12(3)17-15-18(14)11(2)9-20-15/h4-6,9-10,16H,7-8H2,1-3H3. The van der Waals surface area contributed by atoms with E-state index in [1.54, 1.807) is 17.6 Å². The summed E-state index contributed by atoms with van der Waals surface area (Å²) in [7, 11) is 0. The maximum atomic E-state index is 5.39. The van der Waals surface area contributed by atoms with E-state index in [0.717, 1.165) is 29.4 Å². The van der Waals surface area contributed by atoms with Crippen LogP contribution in [0.2, 0.25) is 0 Å². The van der Waals surface area contributed by atoms with Crippen LogP contribution in [0.5, 0.6) is 0 Å². The van der Waals surface area contributed by atoms with Gasteiger partial charge in [0, 0.05) is 30.1 Å². The number of thiazole rings is 1. The van der Waals surface area contributed by atoms with Crippen molar-refractivity contribution in [2.45, 2.75) is 39.8 Å². The summed E-state index contributed by atoms with van der Waals surface area (Å²) in [5.41, 5.74) is 3.61. The Balaban J connectivity index is 1.70. The molecule has 0 amide bonds. The molecule has 0 bridgehead atoms. The molecule has 0 spiro atoms. The van der Waals surface area contributed by atoms with Crippen LogP contribution < -0.4 is 5.32 Å². The third-order valence-corrected chi connectivity index (χ3v) is 4.48. The zero-order valence-corrected chi connectivity index (χ0v) is 12.8. The molecule has 3 aromatic rings. The molecule has 0 aromatic carbocycles. The molecular weight excluding hydrogens is 270 g/mol. The van der Waals surface area contributed by atoms with Crippen LogP contribution in [0.3, 0.4) is 0 Å². The Bertz CT molecular complexity index is 696. The molecule has 0 saturated carbocycles. The predicted molar refractivity (Wildman–Crippen MR) is 81.3 cm³/mol. The van der Waals surface area contributed by atoms with E-state index in [9.17, 15) is 0 Å². The van der Waals surface area contributed by atoms with Crippen molar-refractivity contribution >= 4 is 16.3 Å². The molecule has 5 heteroatoms. The number of aryl methyl sites for hydroxylation is 2. The van der Waals surface area contributed by atoms with Crippen molar-refractivity contribution in [3.8, 4) is 0 Å². The highest BCUT2D eigenvalue weighted by Crippen LogP contribution is 2.20. The number of rotatable bonds is 5. The van der Waals surface area contributed by atoms with Gasteiger partial charge in [0.15, 0.2) is 4.96 Å². The molecule has 0 fully saturated rings. The molecule has 4 nitrogen and oxygen atoms in total. The van der Waals surface area contributed by atoms with Gasteiger partial charge in [-0.3, -0.25) is 4.40 Å². The van der Waals surface area contributed by atoms with Gasteiger partial charge in [-0.15, -0.1) is 11.3 Å². The van der Waals surface area contributed by atoms with Gasteiger partial charge in [-0.2, -0.15) is 0 Å². The van der Waals surface area contributed by atoms with Gasteiger partial charge in [0.2, 0.25) is 0 Å². The lowest BCUT2D eigenvalue weighted by Gasteiger charge is -2.12. The van der Waals surface area contributed by atoms with E-state index in [4.69, 9.17) is 4.42 Å². The van der Waals surface area contributed by atoms with E-state index in [1.807, 2.05) is 12.1 Å². The Morgan fingerprint density at radius 3 is 3.05 bits per heavy atom. The summed E-state index contributed by atoms with van der Waals surface area (Å²) >= 11 is 1.70. The van der Waals surface area contributed by atoms with Crippen molar-refractivity contribution in [2.24, 2.45) is 0 Å². The second-order valence-corrected chi connectivity index (χ2v) is 6.04. The molecule has 3 heterocycles. The molecule has 1 unspecified atom stereocenters. The van der Waals surface area contributed by atoms with Crippen molar-refractivity contribution in [2.75, 3.05) is 0 Å². The van der Waals surface area contributed by atoms with E-state index in [1.165, 1.54) is 11.4 Å². The Hall–Kier alpha value is -1.59. The fourth-order valence-corrected chi connectivity index (χ4v) is 3.38. The van der Waals surface area contributed by atoms with Gasteiger partial charge in [0.1, 0.15) is 5.76 Å². The minimum Gasteiger partial charge on any atom is -0.469 e. The molecule has 3 rings (SSSR count). The summed E-state index contributed by atoms with van der Waals surface area (Å²) in [4.78, 5) is 5.69. The van der Waals surface area contributed by atoms with E-state index in [0.29, 0.717) is 6.04 Å². The van der Waals surface area contributed by atoms with Crippen LogP contribution in [-0.4, -0.2) is 15.4 Å².